The summed E-state index contributed by atoms with van der Waals surface area (Å²) in [7, 11) is 0. The van der Waals surface area contributed by atoms with Gasteiger partial charge in [-0.1, -0.05) is 35.9 Å². The molecule has 126 valence electrons. The van der Waals surface area contributed by atoms with Crippen molar-refractivity contribution in [2.75, 3.05) is 5.73 Å². The van der Waals surface area contributed by atoms with Crippen LogP contribution in [-0.4, -0.2) is 18.0 Å². The molecule has 0 radical (unpaired) electrons. The van der Waals surface area contributed by atoms with Crippen LogP contribution in [0.15, 0.2) is 42.5 Å². The number of amides is 1. The first-order valence-corrected chi connectivity index (χ1v) is 7.84. The monoisotopic (exact) mass is 346 g/mol. The molecule has 0 aromatic heterocycles. The Balaban J connectivity index is 1.92. The van der Waals surface area contributed by atoms with E-state index >= 15 is 0 Å². The van der Waals surface area contributed by atoms with E-state index < -0.39 is 18.0 Å². The van der Waals surface area contributed by atoms with E-state index in [2.05, 4.69) is 5.32 Å². The van der Waals surface area contributed by atoms with Gasteiger partial charge in [0.2, 0.25) is 0 Å². The van der Waals surface area contributed by atoms with Crippen molar-refractivity contribution in [2.24, 2.45) is 0 Å². The fourth-order valence-electron chi connectivity index (χ4n) is 2.02. The lowest BCUT2D eigenvalue weighted by Crippen LogP contribution is -2.35. The van der Waals surface area contributed by atoms with E-state index in [9.17, 15) is 9.59 Å². The maximum atomic E-state index is 12.1. The van der Waals surface area contributed by atoms with Gasteiger partial charge in [-0.3, -0.25) is 4.79 Å². The lowest BCUT2D eigenvalue weighted by atomic mass is 10.1. The molecule has 3 N–H and O–H groups in total. The normalized spacial score (nSPS) is 11.6. The second kappa shape index (κ2) is 7.84. The van der Waals surface area contributed by atoms with Crippen molar-refractivity contribution >= 4 is 29.2 Å². The zero-order valence-electron chi connectivity index (χ0n) is 13.5. The maximum absolute atomic E-state index is 12.1. The van der Waals surface area contributed by atoms with Crippen LogP contribution in [0, 0.1) is 6.92 Å². The first kappa shape index (κ1) is 17.8. The zero-order valence-corrected chi connectivity index (χ0v) is 14.3. The largest absolute Gasteiger partial charge is 0.449 e. The number of aryl methyl sites for hydroxylation is 1. The van der Waals surface area contributed by atoms with Gasteiger partial charge in [-0.25, -0.2) is 4.79 Å². The number of nitrogens with two attached hydrogens (primary N) is 1. The van der Waals surface area contributed by atoms with Crippen LogP contribution in [-0.2, 0) is 16.1 Å². The summed E-state index contributed by atoms with van der Waals surface area (Å²) in [5.74, 6) is -0.995. The molecule has 2 rings (SSSR count). The predicted molar refractivity (Wildman–Crippen MR) is 93.8 cm³/mol. The Bertz CT molecular complexity index is 762. The number of nitrogen functional groups attached to an aromatic ring is 1. The number of rotatable bonds is 5. The number of hydrogen-bond acceptors (Lipinski definition) is 4. The summed E-state index contributed by atoms with van der Waals surface area (Å²) < 4.78 is 5.17. The van der Waals surface area contributed by atoms with Gasteiger partial charge in [0.15, 0.2) is 6.10 Å². The van der Waals surface area contributed by atoms with Gasteiger partial charge in [0.05, 0.1) is 5.56 Å². The molecular formula is C18H19ClN2O3. The number of carbonyl (C=O) groups excluding carboxylic acids is 2. The van der Waals surface area contributed by atoms with E-state index in [0.29, 0.717) is 16.3 Å². The van der Waals surface area contributed by atoms with E-state index in [4.69, 9.17) is 22.1 Å². The molecule has 2 aromatic carbocycles. The molecule has 6 heteroatoms. The molecule has 0 fully saturated rings. The number of esters is 1. The SMILES string of the molecule is Cc1ccc(C(=O)O[C@@H](C)C(=O)NCc2ccccc2Cl)cc1N. The number of halogens is 1. The van der Waals surface area contributed by atoms with Crippen LogP contribution in [0.5, 0.6) is 0 Å². The average molecular weight is 347 g/mol. The summed E-state index contributed by atoms with van der Waals surface area (Å²) in [5.41, 5.74) is 8.25. The van der Waals surface area contributed by atoms with E-state index in [0.717, 1.165) is 11.1 Å². The lowest BCUT2D eigenvalue weighted by Gasteiger charge is -2.14. The molecule has 0 spiro atoms. The van der Waals surface area contributed by atoms with E-state index in [-0.39, 0.29) is 6.54 Å². The van der Waals surface area contributed by atoms with E-state index in [1.165, 1.54) is 13.0 Å². The van der Waals surface area contributed by atoms with Crippen molar-refractivity contribution < 1.29 is 14.3 Å². The van der Waals surface area contributed by atoms with Crippen LogP contribution in [0.25, 0.3) is 0 Å². The number of anilines is 1. The fourth-order valence-corrected chi connectivity index (χ4v) is 2.22. The summed E-state index contributed by atoms with van der Waals surface area (Å²) in [5, 5.41) is 3.26. The molecule has 1 atom stereocenters. The molecule has 0 saturated carbocycles. The molecule has 5 nitrogen and oxygen atoms in total. The van der Waals surface area contributed by atoms with Crippen molar-refractivity contribution in [2.45, 2.75) is 26.5 Å². The second-order valence-electron chi connectivity index (χ2n) is 5.43. The smallest absolute Gasteiger partial charge is 0.338 e. The number of carbonyl (C=O) groups is 2. The third kappa shape index (κ3) is 4.49. The quantitative estimate of drug-likeness (QED) is 0.644. The Kier molecular flexibility index (Phi) is 5.82. The highest BCUT2D eigenvalue weighted by molar-refractivity contribution is 6.31. The third-order valence-corrected chi connectivity index (χ3v) is 3.95. The van der Waals surface area contributed by atoms with Gasteiger partial charge in [0.1, 0.15) is 0 Å². The Morgan fingerprint density at radius 2 is 1.96 bits per heavy atom. The average Bonchev–Trinajstić information content (AvgIpc) is 2.56. The summed E-state index contributed by atoms with van der Waals surface area (Å²) in [4.78, 5) is 24.1. The first-order valence-electron chi connectivity index (χ1n) is 7.46. The molecular weight excluding hydrogens is 328 g/mol. The van der Waals surface area contributed by atoms with E-state index in [1.807, 2.05) is 25.1 Å². The van der Waals surface area contributed by atoms with Gasteiger partial charge in [-0.2, -0.15) is 0 Å². The first-order chi connectivity index (χ1) is 11.4. The van der Waals surface area contributed by atoms with Crippen molar-refractivity contribution in [1.82, 2.24) is 5.32 Å². The molecule has 1 amide bonds. The molecule has 2 aromatic rings. The van der Waals surface area contributed by atoms with Gasteiger partial charge in [0, 0.05) is 17.3 Å². The van der Waals surface area contributed by atoms with Crippen LogP contribution in [0.4, 0.5) is 5.69 Å². The molecule has 0 saturated heterocycles. The molecule has 0 bridgehead atoms. The number of hydrogen-bond donors (Lipinski definition) is 2. The molecule has 0 heterocycles. The maximum Gasteiger partial charge on any atom is 0.338 e. The number of benzene rings is 2. The van der Waals surface area contributed by atoms with Gasteiger partial charge < -0.3 is 15.8 Å². The number of nitrogens with one attached hydrogen (secondary N) is 1. The van der Waals surface area contributed by atoms with Gasteiger partial charge >= 0.3 is 5.97 Å². The molecule has 0 aliphatic carbocycles. The van der Waals surface area contributed by atoms with Crippen molar-refractivity contribution in [1.29, 1.82) is 0 Å². The van der Waals surface area contributed by atoms with Gasteiger partial charge in [0.25, 0.3) is 5.91 Å². The van der Waals surface area contributed by atoms with Crippen LogP contribution in [0.2, 0.25) is 5.02 Å². The molecule has 0 aliphatic rings. The van der Waals surface area contributed by atoms with Crippen LogP contribution >= 0.6 is 11.6 Å². The Hall–Kier alpha value is -2.53. The summed E-state index contributed by atoms with van der Waals surface area (Å²) in [6, 6.07) is 12.1. The molecule has 0 unspecified atom stereocenters. The standard InChI is InChI=1S/C18H19ClN2O3/c1-11-7-8-13(9-16(11)20)18(23)24-12(2)17(22)21-10-14-5-3-4-6-15(14)19/h3-9,12H,10,20H2,1-2H3,(H,21,22)/t12-/m0/s1. The third-order valence-electron chi connectivity index (χ3n) is 3.58. The highest BCUT2D eigenvalue weighted by Crippen LogP contribution is 2.15. The van der Waals surface area contributed by atoms with Crippen molar-refractivity contribution in [3.63, 3.8) is 0 Å². The minimum Gasteiger partial charge on any atom is -0.449 e. The highest BCUT2D eigenvalue weighted by Gasteiger charge is 2.19. The summed E-state index contributed by atoms with van der Waals surface area (Å²) >= 11 is 6.03. The minimum atomic E-state index is -0.928. The second-order valence-corrected chi connectivity index (χ2v) is 5.84. The highest BCUT2D eigenvalue weighted by atomic mass is 35.5. The predicted octanol–water partition coefficient (Wildman–Crippen LogP) is 3.09. The minimum absolute atomic E-state index is 0.262. The number of ether oxygens (including phenoxy) is 1. The lowest BCUT2D eigenvalue weighted by molar-refractivity contribution is -0.129. The molecule has 0 aliphatic heterocycles. The molecule has 24 heavy (non-hydrogen) atoms. The van der Waals surface area contributed by atoms with E-state index in [1.54, 1.807) is 18.2 Å². The zero-order chi connectivity index (χ0) is 17.7. The Morgan fingerprint density at radius 3 is 2.62 bits per heavy atom. The Morgan fingerprint density at radius 1 is 1.25 bits per heavy atom. The van der Waals surface area contributed by atoms with Crippen LogP contribution in [0.1, 0.15) is 28.4 Å². The summed E-state index contributed by atoms with van der Waals surface area (Å²) in [6.07, 6.45) is -0.928. The van der Waals surface area contributed by atoms with Gasteiger partial charge in [-0.05, 0) is 43.2 Å². The fraction of sp³-hybridized carbons (Fsp3) is 0.222. The van der Waals surface area contributed by atoms with Crippen molar-refractivity contribution in [3.8, 4) is 0 Å². The van der Waals surface area contributed by atoms with Crippen LogP contribution in [0.3, 0.4) is 0 Å². The Labute approximate surface area is 145 Å². The van der Waals surface area contributed by atoms with Crippen molar-refractivity contribution in [3.05, 3.63) is 64.2 Å². The van der Waals surface area contributed by atoms with Crippen LogP contribution < -0.4 is 11.1 Å². The van der Waals surface area contributed by atoms with Gasteiger partial charge in [-0.15, -0.1) is 0 Å². The summed E-state index contributed by atoms with van der Waals surface area (Å²) in [6.45, 7) is 3.62. The topological polar surface area (TPSA) is 81.4 Å².